The molecule has 0 saturated carbocycles. The summed E-state index contributed by atoms with van der Waals surface area (Å²) in [6, 6.07) is 3.53. The summed E-state index contributed by atoms with van der Waals surface area (Å²) in [6.07, 6.45) is 3.27. The zero-order valence-electron chi connectivity index (χ0n) is 6.15. The molecule has 0 radical (unpaired) electrons. The first-order valence-electron chi connectivity index (χ1n) is 2.17. The molecular weight excluding hydrogens is 129 g/mol. The summed E-state index contributed by atoms with van der Waals surface area (Å²) >= 11 is 0. The van der Waals surface area contributed by atoms with Gasteiger partial charge in [0.2, 0.25) is 0 Å². The SMILES string of the molecule is O=COn1cccc1.[H-].[Na+]. The second-order valence-corrected chi connectivity index (χ2v) is 1.24. The molecule has 0 N–H and O–H groups in total. The van der Waals surface area contributed by atoms with E-state index in [2.05, 4.69) is 4.84 Å². The van der Waals surface area contributed by atoms with Gasteiger partial charge < -0.3 is 6.26 Å². The standard InChI is InChI=1S/C5H5NO2.Na.H/c7-5-8-6-3-1-2-4-6;;/h1-5H;;/q;+1;-1. The van der Waals surface area contributed by atoms with Gasteiger partial charge in [-0.3, -0.25) is 4.79 Å². The summed E-state index contributed by atoms with van der Waals surface area (Å²) in [5.74, 6) is 0. The van der Waals surface area contributed by atoms with Crippen LogP contribution in [0, 0.1) is 0 Å². The predicted octanol–water partition coefficient (Wildman–Crippen LogP) is -2.81. The maximum Gasteiger partial charge on any atom is 1.00 e. The zero-order valence-corrected chi connectivity index (χ0v) is 7.15. The van der Waals surface area contributed by atoms with Crippen molar-refractivity contribution in [1.29, 1.82) is 0 Å². The zero-order chi connectivity index (χ0) is 5.82. The number of carbonyl (C=O) groups is 1. The van der Waals surface area contributed by atoms with Gasteiger partial charge in [-0.15, -0.1) is 0 Å². The van der Waals surface area contributed by atoms with Gasteiger partial charge >= 0.3 is 36.0 Å². The average molecular weight is 135 g/mol. The first-order chi connectivity index (χ1) is 3.93. The number of nitrogens with zero attached hydrogens (tertiary/aromatic N) is 1. The van der Waals surface area contributed by atoms with Gasteiger partial charge in [-0.05, 0) is 12.1 Å². The van der Waals surface area contributed by atoms with E-state index in [0.29, 0.717) is 6.47 Å². The van der Waals surface area contributed by atoms with Crippen molar-refractivity contribution >= 4 is 6.47 Å². The molecule has 0 saturated heterocycles. The number of carbonyl (C=O) groups excluding carboxylic acids is 1. The van der Waals surface area contributed by atoms with Crippen molar-refractivity contribution in [3.8, 4) is 0 Å². The molecule has 9 heavy (non-hydrogen) atoms. The molecular formula is C5H6NNaO2. The van der Waals surface area contributed by atoms with Crippen molar-refractivity contribution in [3.63, 3.8) is 0 Å². The molecule has 0 aliphatic rings. The van der Waals surface area contributed by atoms with E-state index >= 15 is 0 Å². The number of hydrogen-bond acceptors (Lipinski definition) is 2. The molecule has 44 valence electrons. The monoisotopic (exact) mass is 135 g/mol. The molecule has 0 aliphatic carbocycles. The predicted molar refractivity (Wildman–Crippen MR) is 28.2 cm³/mol. The Balaban J connectivity index is 0. The Hall–Kier alpha value is -0.250. The molecule has 3 nitrogen and oxygen atoms in total. The Bertz CT molecular complexity index is 166. The Kier molecular flexibility index (Phi) is 4.48. The Morgan fingerprint density at radius 2 is 2.00 bits per heavy atom. The van der Waals surface area contributed by atoms with Gasteiger partial charge in [0.25, 0.3) is 0 Å². The first kappa shape index (κ1) is 8.75. The fourth-order valence-corrected chi connectivity index (χ4v) is 0.439. The van der Waals surface area contributed by atoms with Crippen LogP contribution in [-0.4, -0.2) is 11.2 Å². The summed E-state index contributed by atoms with van der Waals surface area (Å²) in [4.78, 5) is 14.0. The van der Waals surface area contributed by atoms with Crippen molar-refractivity contribution in [2.75, 3.05) is 0 Å². The number of aromatic nitrogens is 1. The summed E-state index contributed by atoms with van der Waals surface area (Å²) in [7, 11) is 0. The largest absolute Gasteiger partial charge is 1.00 e. The Labute approximate surface area is 76.3 Å². The van der Waals surface area contributed by atoms with Crippen molar-refractivity contribution in [1.82, 2.24) is 4.73 Å². The second kappa shape index (κ2) is 4.61. The van der Waals surface area contributed by atoms with Gasteiger partial charge in [-0.1, -0.05) is 0 Å². The Morgan fingerprint density at radius 3 is 2.44 bits per heavy atom. The van der Waals surface area contributed by atoms with Crippen LogP contribution in [0.5, 0.6) is 0 Å². The average Bonchev–Trinajstić information content (AvgIpc) is 2.19. The first-order valence-corrected chi connectivity index (χ1v) is 2.17. The van der Waals surface area contributed by atoms with E-state index in [9.17, 15) is 4.79 Å². The van der Waals surface area contributed by atoms with E-state index in [1.54, 1.807) is 24.5 Å². The van der Waals surface area contributed by atoms with E-state index in [0.717, 1.165) is 0 Å². The van der Waals surface area contributed by atoms with Crippen LogP contribution >= 0.6 is 0 Å². The third-order valence-electron chi connectivity index (χ3n) is 0.742. The summed E-state index contributed by atoms with van der Waals surface area (Å²) in [5, 5.41) is 0. The van der Waals surface area contributed by atoms with Crippen LogP contribution in [-0.2, 0) is 4.79 Å². The summed E-state index contributed by atoms with van der Waals surface area (Å²) in [5.41, 5.74) is 0. The van der Waals surface area contributed by atoms with Gasteiger partial charge in [0.1, 0.15) is 0 Å². The van der Waals surface area contributed by atoms with Crippen molar-refractivity contribution in [2.45, 2.75) is 0 Å². The molecule has 1 rings (SSSR count). The minimum atomic E-state index is 0. The fourth-order valence-electron chi connectivity index (χ4n) is 0.439. The maximum absolute atomic E-state index is 9.63. The normalized spacial score (nSPS) is 7.56. The molecule has 0 bridgehead atoms. The van der Waals surface area contributed by atoms with E-state index < -0.39 is 0 Å². The minimum Gasteiger partial charge on any atom is -1.00 e. The van der Waals surface area contributed by atoms with Crippen molar-refractivity contribution in [3.05, 3.63) is 24.5 Å². The quantitative estimate of drug-likeness (QED) is 0.324. The van der Waals surface area contributed by atoms with E-state index in [4.69, 9.17) is 0 Å². The molecule has 0 amide bonds. The minimum absolute atomic E-state index is 0. The van der Waals surface area contributed by atoms with Crippen LogP contribution in [0.15, 0.2) is 24.5 Å². The van der Waals surface area contributed by atoms with Crippen LogP contribution in [0.3, 0.4) is 0 Å². The summed E-state index contributed by atoms with van der Waals surface area (Å²) < 4.78 is 1.31. The van der Waals surface area contributed by atoms with Crippen molar-refractivity contribution in [2.24, 2.45) is 0 Å². The maximum atomic E-state index is 9.63. The smallest absolute Gasteiger partial charge is 1.00 e. The van der Waals surface area contributed by atoms with Gasteiger partial charge in [0.15, 0.2) is 0 Å². The molecule has 0 unspecified atom stereocenters. The van der Waals surface area contributed by atoms with Crippen LogP contribution in [0.25, 0.3) is 0 Å². The van der Waals surface area contributed by atoms with Gasteiger partial charge in [0, 0.05) is 12.4 Å². The van der Waals surface area contributed by atoms with Gasteiger partial charge in [-0.2, -0.15) is 4.73 Å². The Morgan fingerprint density at radius 1 is 1.44 bits per heavy atom. The van der Waals surface area contributed by atoms with E-state index in [-0.39, 0.29) is 31.0 Å². The molecule has 1 heterocycles. The molecule has 1 aromatic heterocycles. The summed E-state index contributed by atoms with van der Waals surface area (Å²) in [6.45, 7) is 0.375. The van der Waals surface area contributed by atoms with Crippen LogP contribution in [0.1, 0.15) is 1.43 Å². The molecule has 0 fully saturated rings. The fraction of sp³-hybridized carbons (Fsp3) is 0. The van der Waals surface area contributed by atoms with Gasteiger partial charge in [0.05, 0.1) is 0 Å². The van der Waals surface area contributed by atoms with Gasteiger partial charge in [-0.25, -0.2) is 0 Å². The third kappa shape index (κ3) is 2.70. The second-order valence-electron chi connectivity index (χ2n) is 1.24. The molecule has 0 atom stereocenters. The topological polar surface area (TPSA) is 31.2 Å². The van der Waals surface area contributed by atoms with Crippen molar-refractivity contribution < 1.29 is 40.6 Å². The number of rotatable bonds is 2. The van der Waals surface area contributed by atoms with Crippen LogP contribution in [0.4, 0.5) is 0 Å². The number of hydrogen-bond donors (Lipinski definition) is 0. The molecule has 4 heteroatoms. The third-order valence-corrected chi connectivity index (χ3v) is 0.742. The molecule has 1 aromatic rings. The van der Waals surface area contributed by atoms with Crippen LogP contribution < -0.4 is 34.4 Å². The van der Waals surface area contributed by atoms with E-state index in [1.165, 1.54) is 4.73 Å². The van der Waals surface area contributed by atoms with E-state index in [1.807, 2.05) is 0 Å². The van der Waals surface area contributed by atoms with Crippen LogP contribution in [0.2, 0.25) is 0 Å². The molecule has 0 aromatic carbocycles. The molecule has 0 aliphatic heterocycles. The molecule has 0 spiro atoms.